The van der Waals surface area contributed by atoms with Crippen LogP contribution in [0.3, 0.4) is 0 Å². The fraction of sp³-hybridized carbons (Fsp3) is 0.909. The Labute approximate surface area is 91.1 Å². The summed E-state index contributed by atoms with van der Waals surface area (Å²) in [5.74, 6) is -0.171. The first-order valence-electron chi connectivity index (χ1n) is 5.43. The van der Waals surface area contributed by atoms with Crippen molar-refractivity contribution in [2.24, 2.45) is 11.1 Å². The summed E-state index contributed by atoms with van der Waals surface area (Å²) in [6, 6.07) is 0. The van der Waals surface area contributed by atoms with Crippen molar-refractivity contribution < 1.29 is 14.3 Å². The van der Waals surface area contributed by atoms with Crippen LogP contribution in [0, 0.1) is 5.41 Å². The molecule has 1 aliphatic heterocycles. The minimum atomic E-state index is -0.378. The second kappa shape index (κ2) is 4.49. The molecule has 0 bridgehead atoms. The predicted molar refractivity (Wildman–Crippen MR) is 57.4 cm³/mol. The van der Waals surface area contributed by atoms with E-state index in [2.05, 4.69) is 0 Å². The molecule has 1 heterocycles. The van der Waals surface area contributed by atoms with Gasteiger partial charge in [-0.2, -0.15) is 0 Å². The first-order valence-corrected chi connectivity index (χ1v) is 5.43. The van der Waals surface area contributed by atoms with E-state index in [1.807, 2.05) is 20.8 Å². The molecular formula is C11H21NO3. The van der Waals surface area contributed by atoms with Crippen molar-refractivity contribution in [2.45, 2.75) is 39.2 Å². The molecule has 0 unspecified atom stereocenters. The molecule has 0 aliphatic carbocycles. The van der Waals surface area contributed by atoms with Crippen LogP contribution in [-0.2, 0) is 14.3 Å². The fourth-order valence-corrected chi connectivity index (χ4v) is 1.41. The molecule has 15 heavy (non-hydrogen) atoms. The van der Waals surface area contributed by atoms with E-state index in [1.165, 1.54) is 0 Å². The average Bonchev–Trinajstić information content (AvgIpc) is 2.11. The summed E-state index contributed by atoms with van der Waals surface area (Å²) < 4.78 is 10.5. The number of esters is 1. The van der Waals surface area contributed by atoms with E-state index in [0.717, 1.165) is 6.42 Å². The van der Waals surface area contributed by atoms with Gasteiger partial charge < -0.3 is 15.2 Å². The Morgan fingerprint density at radius 1 is 1.53 bits per heavy atom. The number of hydrogen-bond donors (Lipinski definition) is 1. The van der Waals surface area contributed by atoms with Crippen molar-refractivity contribution in [3.05, 3.63) is 0 Å². The average molecular weight is 215 g/mol. The lowest BCUT2D eigenvalue weighted by Gasteiger charge is -2.40. The van der Waals surface area contributed by atoms with Crippen LogP contribution in [0.25, 0.3) is 0 Å². The van der Waals surface area contributed by atoms with E-state index in [0.29, 0.717) is 26.2 Å². The van der Waals surface area contributed by atoms with Gasteiger partial charge in [0.2, 0.25) is 0 Å². The molecule has 0 saturated carbocycles. The Morgan fingerprint density at radius 3 is 2.47 bits per heavy atom. The molecule has 0 atom stereocenters. The van der Waals surface area contributed by atoms with Gasteiger partial charge in [0.05, 0.1) is 19.6 Å². The standard InChI is InChI=1S/C11H21NO3/c1-4-10(2,3)15-9(13)5-11(6-12)7-14-8-11/h4-8,12H2,1-3H3. The molecule has 0 aromatic carbocycles. The smallest absolute Gasteiger partial charge is 0.307 e. The summed E-state index contributed by atoms with van der Waals surface area (Å²) in [6.07, 6.45) is 1.18. The van der Waals surface area contributed by atoms with Gasteiger partial charge in [-0.05, 0) is 20.3 Å². The van der Waals surface area contributed by atoms with Crippen LogP contribution in [0.1, 0.15) is 33.6 Å². The molecule has 0 amide bonds. The van der Waals surface area contributed by atoms with Crippen LogP contribution in [-0.4, -0.2) is 31.3 Å². The lowest BCUT2D eigenvalue weighted by atomic mass is 9.82. The molecule has 4 heteroatoms. The zero-order chi connectivity index (χ0) is 11.5. The highest BCUT2D eigenvalue weighted by Crippen LogP contribution is 2.31. The van der Waals surface area contributed by atoms with Crippen LogP contribution in [0.5, 0.6) is 0 Å². The summed E-state index contributed by atoms with van der Waals surface area (Å²) in [7, 11) is 0. The quantitative estimate of drug-likeness (QED) is 0.697. The van der Waals surface area contributed by atoms with E-state index < -0.39 is 0 Å². The molecule has 0 spiro atoms. The van der Waals surface area contributed by atoms with Crippen LogP contribution in [0.4, 0.5) is 0 Å². The Morgan fingerprint density at radius 2 is 2.13 bits per heavy atom. The SMILES string of the molecule is CCC(C)(C)OC(=O)CC1(CN)COC1. The number of carbonyl (C=O) groups is 1. The molecule has 4 nitrogen and oxygen atoms in total. The summed E-state index contributed by atoms with van der Waals surface area (Å²) in [5.41, 5.74) is 5.08. The Bertz CT molecular complexity index is 228. The van der Waals surface area contributed by atoms with Gasteiger partial charge >= 0.3 is 5.97 Å². The van der Waals surface area contributed by atoms with Gasteiger partial charge in [0, 0.05) is 12.0 Å². The third-order valence-electron chi connectivity index (χ3n) is 3.01. The van der Waals surface area contributed by atoms with E-state index in [-0.39, 0.29) is 17.0 Å². The molecule has 1 saturated heterocycles. The predicted octanol–water partition coefficient (Wildman–Crippen LogP) is 1.08. The molecule has 2 N–H and O–H groups in total. The maximum atomic E-state index is 11.7. The van der Waals surface area contributed by atoms with Crippen molar-refractivity contribution in [1.29, 1.82) is 0 Å². The molecule has 1 rings (SSSR count). The van der Waals surface area contributed by atoms with Gasteiger partial charge in [-0.3, -0.25) is 4.79 Å². The second-order valence-corrected chi connectivity index (χ2v) is 4.96. The molecule has 88 valence electrons. The van der Waals surface area contributed by atoms with Crippen LogP contribution >= 0.6 is 0 Å². The van der Waals surface area contributed by atoms with E-state index in [4.69, 9.17) is 15.2 Å². The van der Waals surface area contributed by atoms with Crippen molar-refractivity contribution in [3.63, 3.8) is 0 Å². The van der Waals surface area contributed by atoms with Crippen molar-refractivity contribution in [3.8, 4) is 0 Å². The third-order valence-corrected chi connectivity index (χ3v) is 3.01. The van der Waals surface area contributed by atoms with Gasteiger partial charge in [0.1, 0.15) is 5.60 Å². The lowest BCUT2D eigenvalue weighted by molar-refractivity contribution is -0.171. The largest absolute Gasteiger partial charge is 0.460 e. The highest BCUT2D eigenvalue weighted by Gasteiger charge is 2.40. The molecule has 0 aromatic rings. The second-order valence-electron chi connectivity index (χ2n) is 4.96. The van der Waals surface area contributed by atoms with Gasteiger partial charge in [-0.15, -0.1) is 0 Å². The number of carbonyl (C=O) groups excluding carboxylic acids is 1. The maximum absolute atomic E-state index is 11.7. The fourth-order valence-electron chi connectivity index (χ4n) is 1.41. The minimum Gasteiger partial charge on any atom is -0.460 e. The van der Waals surface area contributed by atoms with E-state index >= 15 is 0 Å². The number of hydrogen-bond acceptors (Lipinski definition) is 4. The van der Waals surface area contributed by atoms with E-state index in [1.54, 1.807) is 0 Å². The topological polar surface area (TPSA) is 61.5 Å². The van der Waals surface area contributed by atoms with Gasteiger partial charge in [-0.1, -0.05) is 6.92 Å². The number of nitrogens with two attached hydrogens (primary N) is 1. The summed E-state index contributed by atoms with van der Waals surface area (Å²) in [6.45, 7) is 7.46. The molecule has 0 aromatic heterocycles. The zero-order valence-electron chi connectivity index (χ0n) is 9.84. The van der Waals surface area contributed by atoms with Crippen molar-refractivity contribution in [2.75, 3.05) is 19.8 Å². The normalized spacial score (nSPS) is 19.5. The highest BCUT2D eigenvalue weighted by atomic mass is 16.6. The van der Waals surface area contributed by atoms with Crippen molar-refractivity contribution in [1.82, 2.24) is 0 Å². The monoisotopic (exact) mass is 215 g/mol. The maximum Gasteiger partial charge on any atom is 0.307 e. The summed E-state index contributed by atoms with van der Waals surface area (Å²) >= 11 is 0. The van der Waals surface area contributed by atoms with Crippen LogP contribution < -0.4 is 5.73 Å². The number of rotatable bonds is 5. The first kappa shape index (κ1) is 12.5. The van der Waals surface area contributed by atoms with Gasteiger partial charge in [0.25, 0.3) is 0 Å². The third kappa shape index (κ3) is 3.18. The Kier molecular flexibility index (Phi) is 3.73. The zero-order valence-corrected chi connectivity index (χ0v) is 9.84. The molecule has 1 fully saturated rings. The Hall–Kier alpha value is -0.610. The van der Waals surface area contributed by atoms with Crippen molar-refractivity contribution >= 4 is 5.97 Å². The lowest BCUT2D eigenvalue weighted by Crippen LogP contribution is -2.50. The van der Waals surface area contributed by atoms with Crippen LogP contribution in [0.2, 0.25) is 0 Å². The van der Waals surface area contributed by atoms with Gasteiger partial charge in [-0.25, -0.2) is 0 Å². The molecule has 1 aliphatic rings. The summed E-state index contributed by atoms with van der Waals surface area (Å²) in [4.78, 5) is 11.7. The first-order chi connectivity index (χ1) is 6.93. The Balaban J connectivity index is 2.42. The summed E-state index contributed by atoms with van der Waals surface area (Å²) in [5, 5.41) is 0. The van der Waals surface area contributed by atoms with Crippen LogP contribution in [0.15, 0.2) is 0 Å². The molecular weight excluding hydrogens is 194 g/mol. The minimum absolute atomic E-state index is 0.166. The van der Waals surface area contributed by atoms with E-state index in [9.17, 15) is 4.79 Å². The molecule has 0 radical (unpaired) electrons. The highest BCUT2D eigenvalue weighted by molar-refractivity contribution is 5.71. The van der Waals surface area contributed by atoms with Gasteiger partial charge in [0.15, 0.2) is 0 Å². The number of ether oxygens (including phenoxy) is 2.